The lowest BCUT2D eigenvalue weighted by Crippen LogP contribution is -2.54. The number of carbonyl (C=O) groups is 1. The highest BCUT2D eigenvalue weighted by molar-refractivity contribution is 7.90. The molecule has 2 aromatic rings. The molecule has 2 aliphatic heterocycles. The summed E-state index contributed by atoms with van der Waals surface area (Å²) in [6.45, 7) is 3.57. The number of sulfone groups is 1. The number of likely N-dealkylation sites (tertiary alicyclic amines) is 2. The number of nitrogens with one attached hydrogen (secondary N) is 2. The first-order chi connectivity index (χ1) is 19.6. The third-order valence-corrected chi connectivity index (χ3v) is 9.11. The minimum absolute atomic E-state index is 0. The fourth-order valence-corrected chi connectivity index (χ4v) is 6.50. The van der Waals surface area contributed by atoms with Gasteiger partial charge < -0.3 is 24.8 Å². The molecule has 2 unspecified atom stereocenters. The van der Waals surface area contributed by atoms with E-state index in [9.17, 15) is 13.2 Å². The van der Waals surface area contributed by atoms with E-state index >= 15 is 0 Å². The molecule has 0 aromatic heterocycles. The van der Waals surface area contributed by atoms with Gasteiger partial charge in [-0.05, 0) is 56.0 Å². The summed E-state index contributed by atoms with van der Waals surface area (Å²) in [5, 5.41) is 6.80. The highest BCUT2D eigenvalue weighted by Gasteiger charge is 2.39. The van der Waals surface area contributed by atoms with E-state index in [4.69, 9.17) is 25.8 Å². The van der Waals surface area contributed by atoms with E-state index in [2.05, 4.69) is 32.6 Å². The van der Waals surface area contributed by atoms with Crippen molar-refractivity contribution in [3.05, 3.63) is 47.0 Å². The van der Waals surface area contributed by atoms with E-state index in [1.165, 1.54) is 33.1 Å². The highest BCUT2D eigenvalue weighted by Crippen LogP contribution is 2.40. The molecule has 4 rings (SSSR count). The van der Waals surface area contributed by atoms with Crippen LogP contribution in [-0.2, 0) is 16.3 Å². The molecule has 2 saturated heterocycles. The molecule has 2 amide bonds. The number of carbonyl (C=O) groups excluding carboxylic acids is 1. The molecular formula is C29H43Cl3N4O6S. The molecule has 0 bridgehead atoms. The zero-order valence-corrected chi connectivity index (χ0v) is 28.2. The van der Waals surface area contributed by atoms with Crippen LogP contribution < -0.4 is 24.8 Å². The number of hydrogen-bond donors (Lipinski definition) is 2. The number of hydrogen-bond acceptors (Lipinski definition) is 8. The van der Waals surface area contributed by atoms with Gasteiger partial charge >= 0.3 is 6.03 Å². The number of halogens is 3. The summed E-state index contributed by atoms with van der Waals surface area (Å²) in [7, 11) is 1.48. The number of nitrogens with zero attached hydrogens (tertiary/aromatic N) is 2. The third-order valence-electron chi connectivity index (χ3n) is 7.94. The summed E-state index contributed by atoms with van der Waals surface area (Å²) < 4.78 is 39.9. The Labute approximate surface area is 272 Å². The van der Waals surface area contributed by atoms with Crippen molar-refractivity contribution < 1.29 is 27.4 Å². The fourth-order valence-electron chi connectivity index (χ4n) is 5.79. The van der Waals surface area contributed by atoms with Gasteiger partial charge in [-0.3, -0.25) is 9.80 Å². The number of amides is 2. The van der Waals surface area contributed by atoms with Gasteiger partial charge in [0.25, 0.3) is 0 Å². The Kier molecular flexibility index (Phi) is 14.5. The normalized spacial score (nSPS) is 19.6. The highest BCUT2D eigenvalue weighted by atomic mass is 35.5. The van der Waals surface area contributed by atoms with Crippen molar-refractivity contribution in [3.63, 3.8) is 0 Å². The number of benzene rings is 2. The van der Waals surface area contributed by atoms with Crippen LogP contribution in [0, 0.1) is 5.92 Å². The van der Waals surface area contributed by atoms with Crippen molar-refractivity contribution in [1.29, 1.82) is 0 Å². The molecule has 2 fully saturated rings. The molecule has 2 atom stereocenters. The minimum Gasteiger partial charge on any atom is -0.493 e. The van der Waals surface area contributed by atoms with E-state index < -0.39 is 9.84 Å². The summed E-state index contributed by atoms with van der Waals surface area (Å²) in [5.74, 6) is 2.00. The predicted octanol–water partition coefficient (Wildman–Crippen LogP) is 4.38. The van der Waals surface area contributed by atoms with Crippen LogP contribution in [0.4, 0.5) is 10.5 Å². The van der Waals surface area contributed by atoms with E-state index in [1.54, 1.807) is 12.1 Å². The molecule has 242 valence electrons. The van der Waals surface area contributed by atoms with Gasteiger partial charge in [-0.15, -0.1) is 24.8 Å². The fraction of sp³-hybridized carbons (Fsp3) is 0.552. The second-order valence-corrected chi connectivity index (χ2v) is 13.6. The number of ether oxygens (including phenoxy) is 3. The summed E-state index contributed by atoms with van der Waals surface area (Å²) in [4.78, 5) is 17.8. The van der Waals surface area contributed by atoms with Crippen molar-refractivity contribution in [1.82, 2.24) is 15.1 Å². The Morgan fingerprint density at radius 2 is 1.58 bits per heavy atom. The molecule has 0 spiro atoms. The van der Waals surface area contributed by atoms with Crippen LogP contribution in [0.25, 0.3) is 0 Å². The van der Waals surface area contributed by atoms with Crippen LogP contribution in [0.3, 0.4) is 0 Å². The maximum absolute atomic E-state index is 13.2. The summed E-state index contributed by atoms with van der Waals surface area (Å²) in [5.41, 5.74) is 1.80. The van der Waals surface area contributed by atoms with Crippen LogP contribution in [-0.4, -0.2) is 102 Å². The largest absolute Gasteiger partial charge is 0.493 e. The van der Waals surface area contributed by atoms with Gasteiger partial charge in [0.15, 0.2) is 11.5 Å². The van der Waals surface area contributed by atoms with Crippen molar-refractivity contribution >= 4 is 58.0 Å². The number of methoxy groups -OCH3 is 3. The second kappa shape index (κ2) is 16.8. The Morgan fingerprint density at radius 1 is 0.977 bits per heavy atom. The van der Waals surface area contributed by atoms with E-state index in [1.807, 2.05) is 12.1 Å². The minimum atomic E-state index is -3.09. The van der Waals surface area contributed by atoms with Crippen LogP contribution >= 0.6 is 36.4 Å². The first-order valence-corrected chi connectivity index (χ1v) is 16.3. The topological polar surface area (TPSA) is 109 Å². The quantitative estimate of drug-likeness (QED) is 0.360. The average Bonchev–Trinajstić information content (AvgIpc) is 3.35. The molecule has 0 aliphatic carbocycles. The van der Waals surface area contributed by atoms with Crippen molar-refractivity contribution in [2.45, 2.75) is 31.3 Å². The zero-order chi connectivity index (χ0) is 29.6. The van der Waals surface area contributed by atoms with Gasteiger partial charge in [-0.1, -0.05) is 23.7 Å². The average molecular weight is 682 g/mol. The van der Waals surface area contributed by atoms with Gasteiger partial charge in [-0.2, -0.15) is 0 Å². The first-order valence-electron chi connectivity index (χ1n) is 13.8. The number of rotatable bonds is 11. The first kappa shape index (κ1) is 37.0. The molecule has 2 aliphatic rings. The molecule has 43 heavy (non-hydrogen) atoms. The van der Waals surface area contributed by atoms with Crippen molar-refractivity contribution in [3.8, 4) is 17.2 Å². The Bertz CT molecular complexity index is 1270. The maximum Gasteiger partial charge on any atom is 0.319 e. The van der Waals surface area contributed by atoms with Gasteiger partial charge in [0.1, 0.15) is 9.84 Å². The van der Waals surface area contributed by atoms with Gasteiger partial charge in [0, 0.05) is 49.1 Å². The third kappa shape index (κ3) is 10.5. The van der Waals surface area contributed by atoms with Gasteiger partial charge in [-0.25, -0.2) is 13.2 Å². The van der Waals surface area contributed by atoms with Crippen molar-refractivity contribution in [2.75, 3.05) is 71.4 Å². The van der Waals surface area contributed by atoms with E-state index in [-0.39, 0.29) is 48.7 Å². The van der Waals surface area contributed by atoms with Crippen molar-refractivity contribution in [2.24, 2.45) is 5.92 Å². The molecular weight excluding hydrogens is 639 g/mol. The Balaban J connectivity index is 0.00000323. The number of anilines is 1. The Hall–Kier alpha value is -2.15. The van der Waals surface area contributed by atoms with Gasteiger partial charge in [0.05, 0.1) is 38.8 Å². The molecule has 2 N–H and O–H groups in total. The number of piperidine rings is 1. The smallest absolute Gasteiger partial charge is 0.319 e. The van der Waals surface area contributed by atoms with Crippen LogP contribution in [0.5, 0.6) is 17.2 Å². The van der Waals surface area contributed by atoms with Crippen LogP contribution in [0.1, 0.15) is 18.4 Å². The van der Waals surface area contributed by atoms with Crippen LogP contribution in [0.2, 0.25) is 5.02 Å². The summed E-state index contributed by atoms with van der Waals surface area (Å²) in [6.07, 6.45) is 4.40. The predicted molar refractivity (Wildman–Crippen MR) is 176 cm³/mol. The summed E-state index contributed by atoms with van der Waals surface area (Å²) in [6, 6.07) is 11.0. The van der Waals surface area contributed by atoms with E-state index in [0.717, 1.165) is 37.4 Å². The summed E-state index contributed by atoms with van der Waals surface area (Å²) >= 11 is 6.05. The number of urea groups is 1. The van der Waals surface area contributed by atoms with Crippen LogP contribution in [0.15, 0.2) is 36.4 Å². The molecule has 14 heteroatoms. The lowest BCUT2D eigenvalue weighted by Gasteiger charge is -2.38. The molecule has 10 nitrogen and oxygen atoms in total. The van der Waals surface area contributed by atoms with E-state index in [0.29, 0.717) is 48.5 Å². The molecule has 0 saturated carbocycles. The standard InChI is InChI=1S/C29H41ClN4O6S.2ClH/c1-38-26-16-23(17-27(39-2)28(26)40-3)31-29(35)32-24-18-33(13-14-41(4,36)37)19-25(24)34-11-9-21(10-12-34)15-20-5-7-22(30)8-6-20;;/h5-8,16-17,21,24-25H,9-15,18-19H2,1-4H3,(H2,31,32,35);2*1H. The lowest BCUT2D eigenvalue weighted by atomic mass is 9.89. The molecule has 2 aromatic carbocycles. The Morgan fingerprint density at radius 3 is 2.12 bits per heavy atom. The second-order valence-electron chi connectivity index (χ2n) is 10.9. The zero-order valence-electron chi connectivity index (χ0n) is 25.0. The monoisotopic (exact) mass is 680 g/mol. The maximum atomic E-state index is 13.2. The van der Waals surface area contributed by atoms with Gasteiger partial charge in [0.2, 0.25) is 5.75 Å². The molecule has 2 heterocycles. The SMILES string of the molecule is COc1cc(NC(=O)NC2CN(CCS(C)(=O)=O)CC2N2CCC(Cc3ccc(Cl)cc3)CC2)cc(OC)c1OC.Cl.Cl. The lowest BCUT2D eigenvalue weighted by molar-refractivity contribution is 0.122. The molecule has 0 radical (unpaired) electrons.